The number of carboxylic acids is 1. The number of aliphatic carboxylic acids is 1. The van der Waals surface area contributed by atoms with Gasteiger partial charge in [0.15, 0.2) is 11.6 Å². The molecule has 0 aliphatic carbocycles. The Morgan fingerprint density at radius 2 is 1.86 bits per heavy atom. The van der Waals surface area contributed by atoms with Crippen molar-refractivity contribution in [3.05, 3.63) is 29.3 Å². The van der Waals surface area contributed by atoms with E-state index in [1.54, 1.807) is 0 Å². The molecule has 116 valence electrons. The number of hydrogen-bond donors (Lipinski definition) is 2. The monoisotopic (exact) mass is 301 g/mol. The van der Waals surface area contributed by atoms with Gasteiger partial charge >= 0.3 is 5.97 Å². The highest BCUT2D eigenvalue weighted by atomic mass is 19.1. The van der Waals surface area contributed by atoms with Crippen molar-refractivity contribution >= 4 is 11.9 Å². The molecule has 0 aliphatic rings. The van der Waals surface area contributed by atoms with Crippen molar-refractivity contribution in [1.29, 1.82) is 0 Å². The number of rotatable bonds is 8. The van der Waals surface area contributed by atoms with E-state index >= 15 is 0 Å². The average Bonchev–Trinajstić information content (AvgIpc) is 2.44. The Labute approximate surface area is 120 Å². The Bertz CT molecular complexity index is 520. The van der Waals surface area contributed by atoms with Crippen molar-refractivity contribution in [3.63, 3.8) is 0 Å². The Hall–Kier alpha value is -2.18. The van der Waals surface area contributed by atoms with Crippen LogP contribution in [-0.4, -0.2) is 30.6 Å². The molecule has 1 aromatic carbocycles. The molecule has 0 aromatic heterocycles. The van der Waals surface area contributed by atoms with Gasteiger partial charge < -0.3 is 15.2 Å². The molecule has 0 bridgehead atoms. The van der Waals surface area contributed by atoms with Gasteiger partial charge in [0.2, 0.25) is 0 Å². The first-order valence-corrected chi connectivity index (χ1v) is 6.49. The van der Waals surface area contributed by atoms with Crippen LogP contribution in [0.2, 0.25) is 0 Å². The molecule has 1 amide bonds. The van der Waals surface area contributed by atoms with Gasteiger partial charge in [-0.05, 0) is 25.0 Å². The summed E-state index contributed by atoms with van der Waals surface area (Å²) in [6, 6.07) is 1.75. The van der Waals surface area contributed by atoms with Crippen molar-refractivity contribution in [2.24, 2.45) is 0 Å². The number of carboxylic acid groups (broad SMARTS) is 1. The molecule has 2 N–H and O–H groups in total. The molecule has 0 unspecified atom stereocenters. The lowest BCUT2D eigenvalue weighted by Crippen LogP contribution is -2.26. The van der Waals surface area contributed by atoms with Crippen LogP contribution in [0.25, 0.3) is 0 Å². The highest BCUT2D eigenvalue weighted by Crippen LogP contribution is 2.25. The van der Waals surface area contributed by atoms with Crippen molar-refractivity contribution in [1.82, 2.24) is 5.32 Å². The Morgan fingerprint density at radius 3 is 2.48 bits per heavy atom. The lowest BCUT2D eigenvalue weighted by molar-refractivity contribution is -0.137. The average molecular weight is 301 g/mol. The highest BCUT2D eigenvalue weighted by Gasteiger charge is 2.20. The number of carbonyl (C=O) groups is 2. The van der Waals surface area contributed by atoms with Gasteiger partial charge in [-0.2, -0.15) is 0 Å². The molecule has 0 radical (unpaired) electrons. The zero-order chi connectivity index (χ0) is 15.8. The van der Waals surface area contributed by atoms with Gasteiger partial charge in [0.1, 0.15) is 11.4 Å². The van der Waals surface area contributed by atoms with E-state index in [1.165, 1.54) is 0 Å². The van der Waals surface area contributed by atoms with Gasteiger partial charge in [0.05, 0.1) is 7.11 Å². The van der Waals surface area contributed by atoms with Gasteiger partial charge in [0, 0.05) is 13.0 Å². The molecule has 1 rings (SSSR count). The molecular weight excluding hydrogens is 284 g/mol. The molecule has 7 heteroatoms. The van der Waals surface area contributed by atoms with Crippen LogP contribution in [0, 0.1) is 11.6 Å². The van der Waals surface area contributed by atoms with Gasteiger partial charge in [-0.3, -0.25) is 9.59 Å². The number of unbranched alkanes of at least 4 members (excludes halogenated alkanes) is 2. The maximum atomic E-state index is 13.6. The van der Waals surface area contributed by atoms with Crippen molar-refractivity contribution in [3.8, 4) is 5.75 Å². The number of hydrogen-bond acceptors (Lipinski definition) is 3. The quantitative estimate of drug-likeness (QED) is 0.723. The summed E-state index contributed by atoms with van der Waals surface area (Å²) < 4.78 is 31.7. The summed E-state index contributed by atoms with van der Waals surface area (Å²) >= 11 is 0. The molecule has 0 spiro atoms. The van der Waals surface area contributed by atoms with Crippen LogP contribution in [0.4, 0.5) is 8.78 Å². The normalized spacial score (nSPS) is 10.2. The maximum Gasteiger partial charge on any atom is 0.303 e. The summed E-state index contributed by atoms with van der Waals surface area (Å²) in [5.74, 6) is -3.74. The fourth-order valence-corrected chi connectivity index (χ4v) is 1.81. The van der Waals surface area contributed by atoms with Crippen molar-refractivity contribution < 1.29 is 28.2 Å². The van der Waals surface area contributed by atoms with E-state index in [9.17, 15) is 18.4 Å². The Balaban J connectivity index is 2.53. The highest BCUT2D eigenvalue weighted by molar-refractivity contribution is 5.97. The van der Waals surface area contributed by atoms with E-state index in [-0.39, 0.29) is 13.0 Å². The van der Waals surface area contributed by atoms with Crippen LogP contribution in [0.1, 0.15) is 36.0 Å². The summed E-state index contributed by atoms with van der Waals surface area (Å²) in [5, 5.41) is 10.9. The summed E-state index contributed by atoms with van der Waals surface area (Å²) in [6.45, 7) is 0.248. The summed E-state index contributed by atoms with van der Waals surface area (Å²) in [6.07, 6.45) is 1.75. The third-order valence-corrected chi connectivity index (χ3v) is 2.84. The van der Waals surface area contributed by atoms with E-state index in [2.05, 4.69) is 5.32 Å². The molecule has 0 saturated carbocycles. The third-order valence-electron chi connectivity index (χ3n) is 2.84. The third kappa shape index (κ3) is 5.02. The largest absolute Gasteiger partial charge is 0.493 e. The first kappa shape index (κ1) is 16.9. The van der Waals surface area contributed by atoms with Crippen LogP contribution in [0.3, 0.4) is 0 Å². The number of carbonyl (C=O) groups excluding carboxylic acids is 1. The molecule has 0 atom stereocenters. The van der Waals surface area contributed by atoms with Gasteiger partial charge in [0.25, 0.3) is 5.91 Å². The number of amides is 1. The minimum Gasteiger partial charge on any atom is -0.493 e. The lowest BCUT2D eigenvalue weighted by Gasteiger charge is -2.10. The number of nitrogens with one attached hydrogen (secondary N) is 1. The summed E-state index contributed by atoms with van der Waals surface area (Å²) in [7, 11) is 1.15. The lowest BCUT2D eigenvalue weighted by atomic mass is 10.1. The van der Waals surface area contributed by atoms with E-state index in [1.807, 2.05) is 0 Å². The first-order chi connectivity index (χ1) is 9.97. The Morgan fingerprint density at radius 1 is 1.19 bits per heavy atom. The topological polar surface area (TPSA) is 75.6 Å². The molecular formula is C14H17F2NO4. The van der Waals surface area contributed by atoms with Crippen LogP contribution >= 0.6 is 0 Å². The maximum absolute atomic E-state index is 13.6. The number of ether oxygens (including phenoxy) is 1. The van der Waals surface area contributed by atoms with Crippen LogP contribution < -0.4 is 10.1 Å². The predicted octanol–water partition coefficient (Wildman–Crippen LogP) is 2.35. The molecule has 21 heavy (non-hydrogen) atoms. The smallest absolute Gasteiger partial charge is 0.303 e. The fourth-order valence-electron chi connectivity index (χ4n) is 1.81. The number of halogens is 2. The van der Waals surface area contributed by atoms with Crippen LogP contribution in [0.15, 0.2) is 12.1 Å². The SMILES string of the molecule is COc1c(F)ccc(F)c1C(=O)NCCCCCC(=O)O. The number of methoxy groups -OCH3 is 1. The number of benzene rings is 1. The molecule has 0 saturated heterocycles. The molecule has 1 aromatic rings. The summed E-state index contributed by atoms with van der Waals surface area (Å²) in [5.41, 5.74) is -0.469. The first-order valence-electron chi connectivity index (χ1n) is 6.49. The van der Waals surface area contributed by atoms with Gasteiger partial charge in [-0.1, -0.05) is 6.42 Å². The second-order valence-corrected chi connectivity index (χ2v) is 4.40. The zero-order valence-electron chi connectivity index (χ0n) is 11.6. The fraction of sp³-hybridized carbons (Fsp3) is 0.429. The predicted molar refractivity (Wildman–Crippen MR) is 71.3 cm³/mol. The molecule has 0 fully saturated rings. The minimum absolute atomic E-state index is 0.0697. The van der Waals surface area contributed by atoms with Crippen LogP contribution in [0.5, 0.6) is 5.75 Å². The molecule has 5 nitrogen and oxygen atoms in total. The van der Waals surface area contributed by atoms with E-state index in [4.69, 9.17) is 9.84 Å². The molecule has 0 heterocycles. The van der Waals surface area contributed by atoms with E-state index in [0.29, 0.717) is 19.3 Å². The van der Waals surface area contributed by atoms with Crippen molar-refractivity contribution in [2.45, 2.75) is 25.7 Å². The van der Waals surface area contributed by atoms with Crippen LogP contribution in [-0.2, 0) is 4.79 Å². The zero-order valence-corrected chi connectivity index (χ0v) is 11.6. The second-order valence-electron chi connectivity index (χ2n) is 4.40. The minimum atomic E-state index is -0.870. The second kappa shape index (κ2) is 8.18. The van der Waals surface area contributed by atoms with Gasteiger partial charge in [-0.15, -0.1) is 0 Å². The van der Waals surface area contributed by atoms with Crippen molar-refractivity contribution in [2.75, 3.05) is 13.7 Å². The van der Waals surface area contributed by atoms with Gasteiger partial charge in [-0.25, -0.2) is 8.78 Å². The van der Waals surface area contributed by atoms with E-state index < -0.39 is 34.8 Å². The Kier molecular flexibility index (Phi) is 6.58. The standard InChI is InChI=1S/C14H17F2NO4/c1-21-13-10(16)7-6-9(15)12(13)14(20)17-8-4-2-3-5-11(18)19/h6-7H,2-5,8H2,1H3,(H,17,20)(H,18,19). The van der Waals surface area contributed by atoms with E-state index in [0.717, 1.165) is 19.2 Å². The molecule has 0 aliphatic heterocycles. The summed E-state index contributed by atoms with van der Waals surface area (Å²) in [4.78, 5) is 22.2.